The molecule has 6 heteroatoms. The molecule has 1 radical (unpaired) electrons. The van der Waals surface area contributed by atoms with Crippen LogP contribution >= 0.6 is 0 Å². The van der Waals surface area contributed by atoms with E-state index in [1.165, 1.54) is 0 Å². The topological polar surface area (TPSA) is 54.0 Å². The van der Waals surface area contributed by atoms with Gasteiger partial charge in [0.05, 0.1) is 17.6 Å². The number of esters is 1. The van der Waals surface area contributed by atoms with E-state index in [-0.39, 0.29) is 40.8 Å². The fourth-order valence-electron chi connectivity index (χ4n) is 4.91. The third kappa shape index (κ3) is 12.5. The predicted octanol–water partition coefficient (Wildman–Crippen LogP) is 7.35. The number of carbonyl (C=O) groups is 1. The minimum Gasteiger partial charge on any atom is -0.436 e. The molecule has 0 aromatic carbocycles. The summed E-state index contributed by atoms with van der Waals surface area (Å²) in [6.07, 6.45) is 2.31. The van der Waals surface area contributed by atoms with E-state index in [1.54, 1.807) is 7.11 Å². The molecule has 1 unspecified atom stereocenters. The fraction of sp³-hybridized carbons (Fsp3) is 0.964. The molecule has 5 nitrogen and oxygen atoms in total. The van der Waals surface area contributed by atoms with Gasteiger partial charge in [0.1, 0.15) is 0 Å². The van der Waals surface area contributed by atoms with Gasteiger partial charge in [-0.15, -0.1) is 0 Å². The smallest absolute Gasteiger partial charge is 0.313 e. The molecule has 0 N–H and O–H groups in total. The highest BCUT2D eigenvalue weighted by atomic mass is 28.3. The van der Waals surface area contributed by atoms with Crippen LogP contribution in [-0.2, 0) is 23.4 Å². The number of methoxy groups -OCH3 is 2. The van der Waals surface area contributed by atoms with Crippen LogP contribution in [0.2, 0.25) is 13.1 Å². The van der Waals surface area contributed by atoms with Crippen LogP contribution < -0.4 is 0 Å². The molecule has 6 atom stereocenters. The first-order valence-electron chi connectivity index (χ1n) is 13.0. The van der Waals surface area contributed by atoms with Crippen LogP contribution in [0, 0.1) is 34.0 Å². The summed E-state index contributed by atoms with van der Waals surface area (Å²) in [5.41, 5.74) is -0.314. The third-order valence-corrected chi connectivity index (χ3v) is 6.96. The summed E-state index contributed by atoms with van der Waals surface area (Å²) in [6.45, 7) is 27.8. The Bertz CT molecular complexity index is 585. The Morgan fingerprint density at radius 2 is 1.29 bits per heavy atom. The molecule has 0 heterocycles. The molecule has 0 aliphatic rings. The lowest BCUT2D eigenvalue weighted by Crippen LogP contribution is -2.46. The van der Waals surface area contributed by atoms with Crippen LogP contribution in [0.4, 0.5) is 0 Å². The van der Waals surface area contributed by atoms with E-state index >= 15 is 0 Å². The number of hydrogen-bond acceptors (Lipinski definition) is 5. The lowest BCUT2D eigenvalue weighted by molar-refractivity contribution is -0.184. The summed E-state index contributed by atoms with van der Waals surface area (Å²) in [6, 6.07) is 0. The Morgan fingerprint density at radius 3 is 1.65 bits per heavy atom. The number of ether oxygens (including phenoxy) is 3. The SMILES string of the molecule is CO[C@@H](C[C@H](C)CC(C)(C)C)[C@H]([C@H](C[C@@H](C)C(OC(=O)C(C)(C)C)O[Si](C)C)OC)C(C)(C)C. The molecule has 0 saturated carbocycles. The van der Waals surface area contributed by atoms with E-state index in [1.807, 2.05) is 27.9 Å². The predicted molar refractivity (Wildman–Crippen MR) is 144 cm³/mol. The van der Waals surface area contributed by atoms with Crippen LogP contribution in [0.3, 0.4) is 0 Å². The molecular formula is C28H57O5Si. The molecule has 0 aromatic heterocycles. The minimum atomic E-state index is -1.05. The summed E-state index contributed by atoms with van der Waals surface area (Å²) < 4.78 is 24.3. The highest BCUT2D eigenvalue weighted by molar-refractivity contribution is 6.48. The summed E-state index contributed by atoms with van der Waals surface area (Å²) >= 11 is 0. The second-order valence-corrected chi connectivity index (χ2v) is 15.9. The zero-order valence-electron chi connectivity index (χ0n) is 25.1. The van der Waals surface area contributed by atoms with Crippen LogP contribution in [0.5, 0.6) is 0 Å². The van der Waals surface area contributed by atoms with Crippen molar-refractivity contribution in [3.8, 4) is 0 Å². The quantitative estimate of drug-likeness (QED) is 0.150. The third-order valence-electron chi connectivity index (χ3n) is 6.26. The second-order valence-electron chi connectivity index (χ2n) is 13.8. The number of rotatable bonds is 13. The molecule has 0 aromatic rings. The van der Waals surface area contributed by atoms with Gasteiger partial charge in [0, 0.05) is 26.1 Å². The standard InChI is InChI=1S/C28H57O5Si/c1-19(18-26(3,4)5)16-21(30-12)23(27(6,7)8)22(31-13)17-20(2)24(33-34(14)15)32-25(29)28(9,10)11/h19-24H,16-18H2,1-15H3/t19-,20+,21-,22-,23+,24?/m0/s1. The molecule has 0 saturated heterocycles. The maximum absolute atomic E-state index is 12.7. The maximum Gasteiger partial charge on any atom is 0.313 e. The zero-order valence-corrected chi connectivity index (χ0v) is 26.1. The van der Waals surface area contributed by atoms with Gasteiger partial charge in [-0.3, -0.25) is 4.79 Å². The molecule has 0 spiro atoms. The first-order chi connectivity index (χ1) is 15.2. The van der Waals surface area contributed by atoms with Crippen LogP contribution in [0.1, 0.15) is 95.4 Å². The van der Waals surface area contributed by atoms with Crippen molar-refractivity contribution >= 4 is 15.0 Å². The Hall–Kier alpha value is -0.433. The van der Waals surface area contributed by atoms with Gasteiger partial charge in [-0.25, -0.2) is 0 Å². The Labute approximate surface area is 213 Å². The average molecular weight is 502 g/mol. The van der Waals surface area contributed by atoms with Gasteiger partial charge < -0.3 is 18.6 Å². The molecule has 0 aliphatic carbocycles. The zero-order chi connectivity index (χ0) is 27.1. The first kappa shape index (κ1) is 33.6. The highest BCUT2D eigenvalue weighted by Crippen LogP contribution is 2.40. The molecule has 34 heavy (non-hydrogen) atoms. The highest BCUT2D eigenvalue weighted by Gasteiger charge is 2.41. The maximum atomic E-state index is 12.7. The van der Waals surface area contributed by atoms with Crippen molar-refractivity contribution < 1.29 is 23.4 Å². The van der Waals surface area contributed by atoms with Gasteiger partial charge in [-0.05, 0) is 69.9 Å². The summed E-state index contributed by atoms with van der Waals surface area (Å²) in [4.78, 5) is 12.7. The Morgan fingerprint density at radius 1 is 0.824 bits per heavy atom. The summed E-state index contributed by atoms with van der Waals surface area (Å²) in [5, 5.41) is 0. The van der Waals surface area contributed by atoms with E-state index < -0.39 is 20.7 Å². The monoisotopic (exact) mass is 501 g/mol. The Balaban J connectivity index is 5.81. The summed E-state index contributed by atoms with van der Waals surface area (Å²) in [7, 11) is 2.55. The van der Waals surface area contributed by atoms with E-state index in [0.717, 1.165) is 19.3 Å². The second kappa shape index (κ2) is 13.8. The van der Waals surface area contributed by atoms with Gasteiger partial charge in [-0.1, -0.05) is 55.4 Å². The molecule has 0 fully saturated rings. The van der Waals surface area contributed by atoms with Gasteiger partial charge in [0.15, 0.2) is 6.29 Å². The molecule has 203 valence electrons. The summed E-state index contributed by atoms with van der Waals surface area (Å²) in [5.74, 6) is 0.475. The van der Waals surface area contributed by atoms with Crippen molar-refractivity contribution in [3.05, 3.63) is 0 Å². The van der Waals surface area contributed by atoms with Crippen LogP contribution in [-0.4, -0.2) is 47.7 Å². The van der Waals surface area contributed by atoms with E-state index in [2.05, 4.69) is 68.5 Å². The number of hydrogen-bond donors (Lipinski definition) is 0. The van der Waals surface area contributed by atoms with Crippen LogP contribution in [0.15, 0.2) is 0 Å². The molecule has 0 bridgehead atoms. The van der Waals surface area contributed by atoms with Crippen molar-refractivity contribution in [1.82, 2.24) is 0 Å². The van der Waals surface area contributed by atoms with Crippen molar-refractivity contribution in [1.29, 1.82) is 0 Å². The van der Waals surface area contributed by atoms with E-state index in [0.29, 0.717) is 5.92 Å². The Kier molecular flexibility index (Phi) is 13.6. The normalized spacial score (nSPS) is 18.8. The number of carbonyl (C=O) groups excluding carboxylic acids is 1. The molecule has 0 aliphatic heterocycles. The lowest BCUT2D eigenvalue weighted by atomic mass is 9.69. The average Bonchev–Trinajstić information content (AvgIpc) is 2.61. The van der Waals surface area contributed by atoms with Crippen molar-refractivity contribution in [3.63, 3.8) is 0 Å². The van der Waals surface area contributed by atoms with Crippen LogP contribution in [0.25, 0.3) is 0 Å². The fourth-order valence-corrected chi connectivity index (χ4v) is 5.65. The minimum absolute atomic E-state index is 0.00879. The van der Waals surface area contributed by atoms with E-state index in [4.69, 9.17) is 18.6 Å². The van der Waals surface area contributed by atoms with Gasteiger partial charge >= 0.3 is 5.97 Å². The van der Waals surface area contributed by atoms with Gasteiger partial charge in [-0.2, -0.15) is 0 Å². The molecule has 0 rings (SSSR count). The van der Waals surface area contributed by atoms with Crippen molar-refractivity contribution in [2.24, 2.45) is 34.0 Å². The van der Waals surface area contributed by atoms with E-state index in [9.17, 15) is 4.79 Å². The van der Waals surface area contributed by atoms with Crippen molar-refractivity contribution in [2.75, 3.05) is 14.2 Å². The lowest BCUT2D eigenvalue weighted by Gasteiger charge is -2.43. The van der Waals surface area contributed by atoms with Gasteiger partial charge in [0.2, 0.25) is 9.04 Å². The first-order valence-corrected chi connectivity index (χ1v) is 15.4. The largest absolute Gasteiger partial charge is 0.436 e. The molecular weight excluding hydrogens is 444 g/mol. The molecule has 0 amide bonds. The van der Waals surface area contributed by atoms with Crippen molar-refractivity contribution in [2.45, 2.75) is 127 Å². The van der Waals surface area contributed by atoms with Gasteiger partial charge in [0.25, 0.3) is 0 Å².